The van der Waals surface area contributed by atoms with E-state index in [0.717, 1.165) is 45.7 Å². The van der Waals surface area contributed by atoms with Crippen LogP contribution < -0.4 is 0 Å². The van der Waals surface area contributed by atoms with Gasteiger partial charge >= 0.3 is 5.97 Å². The Balaban J connectivity index is 1.46. The van der Waals surface area contributed by atoms with Gasteiger partial charge in [-0.05, 0) is 48.4 Å². The number of allylic oxidation sites excluding steroid dienone is 4. The number of aliphatic carboxylic acids is 1. The molecule has 1 heterocycles. The molecule has 0 bridgehead atoms. The minimum atomic E-state index is -0.716. The molecular formula is C32H27NO3. The van der Waals surface area contributed by atoms with Crippen molar-refractivity contribution < 1.29 is 14.3 Å². The van der Waals surface area contributed by atoms with Crippen LogP contribution in [0.4, 0.5) is 0 Å². The molecule has 4 aromatic rings. The Bertz CT molecular complexity index is 1500. The molecule has 6 rings (SSSR count). The van der Waals surface area contributed by atoms with Crippen molar-refractivity contribution in [1.29, 1.82) is 0 Å². The Morgan fingerprint density at radius 1 is 0.944 bits per heavy atom. The normalized spacial score (nSPS) is 22.5. The van der Waals surface area contributed by atoms with Gasteiger partial charge < -0.3 is 9.52 Å². The monoisotopic (exact) mass is 473 g/mol. The summed E-state index contributed by atoms with van der Waals surface area (Å²) in [6.07, 6.45) is 10.0. The first kappa shape index (κ1) is 22.3. The maximum absolute atomic E-state index is 11.4. The number of hydrogen-bond donors (Lipinski definition) is 1. The van der Waals surface area contributed by atoms with E-state index in [1.165, 1.54) is 0 Å². The van der Waals surface area contributed by atoms with E-state index in [2.05, 4.69) is 61.6 Å². The van der Waals surface area contributed by atoms with Crippen LogP contribution in [0.25, 0.3) is 33.8 Å². The fourth-order valence-electron chi connectivity index (χ4n) is 5.20. The van der Waals surface area contributed by atoms with Gasteiger partial charge in [0.2, 0.25) is 5.89 Å². The van der Waals surface area contributed by atoms with Crippen LogP contribution in [0.5, 0.6) is 0 Å². The lowest BCUT2D eigenvalue weighted by Gasteiger charge is -2.24. The standard InChI is InChI=1S/C32H27NO3/c1-32(17-8-3-9-18-32)29-28(21-11-4-2-5-12-21)33-30(36-29)25-16-7-6-15-24(25)22-13-10-14-23(19-22)26-20-27(26)31(34)35/h2-17,19,26-27H,18,20H2,1H3,(H,34,35). The highest BCUT2D eigenvalue weighted by molar-refractivity contribution is 5.82. The first-order chi connectivity index (χ1) is 17.5. The Morgan fingerprint density at radius 2 is 1.69 bits per heavy atom. The van der Waals surface area contributed by atoms with Gasteiger partial charge in [0.05, 0.1) is 5.92 Å². The first-order valence-electron chi connectivity index (χ1n) is 12.4. The van der Waals surface area contributed by atoms with Gasteiger partial charge in [-0.1, -0.05) is 97.1 Å². The maximum atomic E-state index is 11.4. The number of oxazole rings is 1. The fourth-order valence-corrected chi connectivity index (χ4v) is 5.20. The molecule has 178 valence electrons. The second-order valence-electron chi connectivity index (χ2n) is 9.93. The van der Waals surface area contributed by atoms with Crippen molar-refractivity contribution in [2.24, 2.45) is 5.92 Å². The van der Waals surface area contributed by atoms with Crippen LogP contribution in [-0.4, -0.2) is 16.1 Å². The number of rotatable bonds is 6. The Morgan fingerprint density at radius 3 is 2.42 bits per heavy atom. The molecular weight excluding hydrogens is 446 g/mol. The van der Waals surface area contributed by atoms with E-state index in [-0.39, 0.29) is 17.3 Å². The van der Waals surface area contributed by atoms with Crippen LogP contribution in [0.2, 0.25) is 0 Å². The molecule has 2 aliphatic rings. The number of carbonyl (C=O) groups is 1. The summed E-state index contributed by atoms with van der Waals surface area (Å²) in [5.74, 6) is 0.529. The second kappa shape index (κ2) is 8.80. The molecule has 1 saturated carbocycles. The molecule has 3 aromatic carbocycles. The number of carboxylic acids is 1. The summed E-state index contributed by atoms with van der Waals surface area (Å²) in [4.78, 5) is 16.5. The molecule has 0 aliphatic heterocycles. The summed E-state index contributed by atoms with van der Waals surface area (Å²) < 4.78 is 6.62. The number of nitrogens with zero attached hydrogens (tertiary/aromatic N) is 1. The van der Waals surface area contributed by atoms with Crippen LogP contribution >= 0.6 is 0 Å². The number of benzene rings is 3. The molecule has 0 spiro atoms. The Kier molecular flexibility index (Phi) is 5.45. The fraction of sp³-hybridized carbons (Fsp3) is 0.188. The van der Waals surface area contributed by atoms with Crippen LogP contribution in [0.3, 0.4) is 0 Å². The Hall–Kier alpha value is -4.18. The van der Waals surface area contributed by atoms with Crippen LogP contribution in [-0.2, 0) is 10.2 Å². The molecule has 0 radical (unpaired) electrons. The summed E-state index contributed by atoms with van der Waals surface area (Å²) in [7, 11) is 0. The van der Waals surface area contributed by atoms with Crippen molar-refractivity contribution in [3.8, 4) is 33.8 Å². The molecule has 4 nitrogen and oxygen atoms in total. The van der Waals surface area contributed by atoms with Gasteiger partial charge in [-0.15, -0.1) is 0 Å². The molecule has 0 amide bonds. The zero-order valence-electron chi connectivity index (χ0n) is 20.1. The quantitative estimate of drug-likeness (QED) is 0.313. The van der Waals surface area contributed by atoms with Gasteiger partial charge in [-0.3, -0.25) is 4.79 Å². The van der Waals surface area contributed by atoms with Crippen molar-refractivity contribution >= 4 is 5.97 Å². The van der Waals surface area contributed by atoms with E-state index in [1.807, 2.05) is 48.5 Å². The maximum Gasteiger partial charge on any atom is 0.307 e. The van der Waals surface area contributed by atoms with E-state index in [0.29, 0.717) is 12.3 Å². The van der Waals surface area contributed by atoms with Gasteiger partial charge in [0.15, 0.2) is 0 Å². The lowest BCUT2D eigenvalue weighted by molar-refractivity contribution is -0.138. The molecule has 3 unspecified atom stereocenters. The number of carboxylic acid groups (broad SMARTS) is 1. The van der Waals surface area contributed by atoms with E-state index in [9.17, 15) is 9.90 Å². The van der Waals surface area contributed by atoms with Gasteiger partial charge in [0, 0.05) is 16.5 Å². The zero-order chi connectivity index (χ0) is 24.7. The second-order valence-corrected chi connectivity index (χ2v) is 9.93. The Labute approximate surface area is 210 Å². The zero-order valence-corrected chi connectivity index (χ0v) is 20.1. The van der Waals surface area contributed by atoms with Gasteiger partial charge in [0.25, 0.3) is 0 Å². The lowest BCUT2D eigenvalue weighted by atomic mass is 9.80. The SMILES string of the molecule is CC1(c2oc(-c3ccccc3-c3cccc(C4CC4C(=O)O)c3)nc2-c2ccccc2)C=CC=CC1. The average molecular weight is 474 g/mol. The largest absolute Gasteiger partial charge is 0.481 e. The molecule has 2 aliphatic carbocycles. The minimum Gasteiger partial charge on any atom is -0.481 e. The highest BCUT2D eigenvalue weighted by atomic mass is 16.4. The molecule has 0 saturated heterocycles. The third-order valence-corrected chi connectivity index (χ3v) is 7.34. The molecule has 1 N–H and O–H groups in total. The van der Waals surface area contributed by atoms with Crippen LogP contribution in [0, 0.1) is 5.92 Å². The van der Waals surface area contributed by atoms with Crippen LogP contribution in [0.1, 0.15) is 37.0 Å². The van der Waals surface area contributed by atoms with Crippen molar-refractivity contribution in [2.75, 3.05) is 0 Å². The smallest absolute Gasteiger partial charge is 0.307 e. The summed E-state index contributed by atoms with van der Waals surface area (Å²) in [5, 5.41) is 9.39. The van der Waals surface area contributed by atoms with Crippen molar-refractivity contribution in [3.63, 3.8) is 0 Å². The van der Waals surface area contributed by atoms with E-state index in [1.54, 1.807) is 0 Å². The van der Waals surface area contributed by atoms with Crippen molar-refractivity contribution in [1.82, 2.24) is 4.98 Å². The van der Waals surface area contributed by atoms with Gasteiger partial charge in [-0.2, -0.15) is 0 Å². The van der Waals surface area contributed by atoms with Crippen molar-refractivity contribution in [3.05, 3.63) is 114 Å². The summed E-state index contributed by atoms with van der Waals surface area (Å²) in [5.41, 5.74) is 5.63. The molecule has 3 atom stereocenters. The van der Waals surface area contributed by atoms with E-state index >= 15 is 0 Å². The minimum absolute atomic E-state index is 0.0822. The van der Waals surface area contributed by atoms with Gasteiger partial charge in [0.1, 0.15) is 11.5 Å². The topological polar surface area (TPSA) is 63.3 Å². The molecule has 1 aromatic heterocycles. The first-order valence-corrected chi connectivity index (χ1v) is 12.4. The summed E-state index contributed by atoms with van der Waals surface area (Å²) >= 11 is 0. The third-order valence-electron chi connectivity index (χ3n) is 7.34. The highest BCUT2D eigenvalue weighted by Gasteiger charge is 2.44. The van der Waals surface area contributed by atoms with E-state index in [4.69, 9.17) is 9.40 Å². The van der Waals surface area contributed by atoms with Crippen LogP contribution in [0.15, 0.2) is 108 Å². The predicted octanol–water partition coefficient (Wildman–Crippen LogP) is 7.64. The lowest BCUT2D eigenvalue weighted by Crippen LogP contribution is -2.19. The molecule has 36 heavy (non-hydrogen) atoms. The van der Waals surface area contributed by atoms with E-state index < -0.39 is 5.97 Å². The number of aromatic nitrogens is 1. The average Bonchev–Trinajstić information content (AvgIpc) is 3.60. The highest BCUT2D eigenvalue weighted by Crippen LogP contribution is 2.48. The van der Waals surface area contributed by atoms with Gasteiger partial charge in [-0.25, -0.2) is 4.98 Å². The summed E-state index contributed by atoms with van der Waals surface area (Å²) in [6.45, 7) is 2.19. The molecule has 1 fully saturated rings. The number of hydrogen-bond acceptors (Lipinski definition) is 3. The molecule has 4 heteroatoms. The van der Waals surface area contributed by atoms with Crippen molar-refractivity contribution in [2.45, 2.75) is 31.1 Å². The predicted molar refractivity (Wildman–Crippen MR) is 142 cm³/mol. The third kappa shape index (κ3) is 3.99. The summed E-state index contributed by atoms with van der Waals surface area (Å²) in [6, 6.07) is 26.5.